The third-order valence-electron chi connectivity index (χ3n) is 3.28. The Labute approximate surface area is 129 Å². The first kappa shape index (κ1) is 16.1. The fourth-order valence-electron chi connectivity index (χ4n) is 2.11. The quantitative estimate of drug-likeness (QED) is 0.444. The summed E-state index contributed by atoms with van der Waals surface area (Å²) in [6.45, 7) is 3.75. The van der Waals surface area contributed by atoms with Crippen LogP contribution < -0.4 is 16.0 Å². The van der Waals surface area contributed by atoms with E-state index >= 15 is 0 Å². The number of hydrogen-bond acceptors (Lipinski definition) is 4. The molecule has 0 aliphatic carbocycles. The van der Waals surface area contributed by atoms with Crippen molar-refractivity contribution in [3.8, 4) is 0 Å². The molecule has 0 aliphatic heterocycles. The molecule has 1 aromatic heterocycles. The Hall–Kier alpha value is -2.32. The van der Waals surface area contributed by atoms with Gasteiger partial charge in [0, 0.05) is 13.2 Å². The van der Waals surface area contributed by atoms with E-state index in [1.807, 2.05) is 31.4 Å². The minimum atomic E-state index is -3.78. The fourth-order valence-corrected chi connectivity index (χ4v) is 3.31. The number of carbonyl (C=O) groups excluding carboxylic acids is 1. The van der Waals surface area contributed by atoms with E-state index in [0.717, 1.165) is 11.1 Å². The van der Waals surface area contributed by atoms with E-state index in [-0.39, 0.29) is 10.6 Å². The summed E-state index contributed by atoms with van der Waals surface area (Å²) in [5.41, 5.74) is 4.49. The van der Waals surface area contributed by atoms with Crippen LogP contribution in [0.1, 0.15) is 21.6 Å². The summed E-state index contributed by atoms with van der Waals surface area (Å²) in [6.07, 6.45) is 1.36. The number of aryl methyl sites for hydroxylation is 3. The number of carbonyl (C=O) groups is 1. The summed E-state index contributed by atoms with van der Waals surface area (Å²) in [4.78, 5) is 11.5. The van der Waals surface area contributed by atoms with Crippen LogP contribution in [0.15, 0.2) is 35.4 Å². The molecule has 0 unspecified atom stereocenters. The van der Waals surface area contributed by atoms with Crippen molar-refractivity contribution in [2.24, 2.45) is 12.9 Å². The van der Waals surface area contributed by atoms with E-state index in [1.165, 1.54) is 16.8 Å². The molecular weight excluding hydrogens is 304 g/mol. The predicted molar refractivity (Wildman–Crippen MR) is 83.8 cm³/mol. The van der Waals surface area contributed by atoms with Gasteiger partial charge in [-0.05, 0) is 31.5 Å². The van der Waals surface area contributed by atoms with Crippen LogP contribution in [0.3, 0.4) is 0 Å². The van der Waals surface area contributed by atoms with Crippen molar-refractivity contribution in [2.75, 3.05) is 4.72 Å². The van der Waals surface area contributed by atoms with Crippen LogP contribution in [0.2, 0.25) is 0 Å². The summed E-state index contributed by atoms with van der Waals surface area (Å²) in [6, 6.07) is 6.69. The minimum absolute atomic E-state index is 0.00595. The van der Waals surface area contributed by atoms with E-state index < -0.39 is 15.9 Å². The summed E-state index contributed by atoms with van der Waals surface area (Å²) >= 11 is 0. The number of aromatic nitrogens is 1. The van der Waals surface area contributed by atoms with Crippen LogP contribution >= 0.6 is 0 Å². The van der Waals surface area contributed by atoms with Gasteiger partial charge in [0.05, 0.1) is 5.69 Å². The molecule has 2 rings (SSSR count). The monoisotopic (exact) mass is 322 g/mol. The number of sulfonamides is 1. The van der Waals surface area contributed by atoms with Gasteiger partial charge in [0.25, 0.3) is 15.9 Å². The molecule has 0 saturated heterocycles. The lowest BCUT2D eigenvalue weighted by Crippen LogP contribution is -2.31. The number of nitrogens with two attached hydrogens (primary N) is 1. The summed E-state index contributed by atoms with van der Waals surface area (Å²) in [5, 5.41) is 0. The summed E-state index contributed by atoms with van der Waals surface area (Å²) in [5.74, 6) is 4.51. The second kappa shape index (κ2) is 5.82. The lowest BCUT2D eigenvalue weighted by molar-refractivity contribution is 0.0945. The highest BCUT2D eigenvalue weighted by Crippen LogP contribution is 2.21. The Morgan fingerprint density at radius 2 is 1.91 bits per heavy atom. The van der Waals surface area contributed by atoms with E-state index in [1.54, 1.807) is 13.1 Å². The van der Waals surface area contributed by atoms with E-state index in [2.05, 4.69) is 4.72 Å². The smallest absolute Gasteiger partial charge is 0.281 e. The second-order valence-corrected chi connectivity index (χ2v) is 6.75. The minimum Gasteiger partial charge on any atom is -0.345 e. The Kier molecular flexibility index (Phi) is 4.25. The van der Waals surface area contributed by atoms with Crippen molar-refractivity contribution in [2.45, 2.75) is 18.7 Å². The number of rotatable bonds is 4. The topological polar surface area (TPSA) is 106 Å². The van der Waals surface area contributed by atoms with E-state index in [0.29, 0.717) is 5.69 Å². The SMILES string of the molecule is Cc1ccc(NS(=O)(=O)c2cc(C(=O)NN)n(C)c2)c(C)c1. The lowest BCUT2D eigenvalue weighted by Gasteiger charge is -2.10. The highest BCUT2D eigenvalue weighted by Gasteiger charge is 2.20. The molecule has 1 heterocycles. The standard InChI is InChI=1S/C14H18N4O3S/c1-9-4-5-12(10(2)6-9)17-22(20,21)11-7-13(14(19)16-15)18(3)8-11/h4-8,17H,15H2,1-3H3,(H,16,19). The molecule has 2 aromatic rings. The number of nitrogens with zero attached hydrogens (tertiary/aromatic N) is 1. The van der Waals surface area contributed by atoms with Crippen molar-refractivity contribution < 1.29 is 13.2 Å². The fraction of sp³-hybridized carbons (Fsp3) is 0.214. The number of amides is 1. The predicted octanol–water partition coefficient (Wildman–Crippen LogP) is 1.05. The molecule has 0 bridgehead atoms. The lowest BCUT2D eigenvalue weighted by atomic mass is 10.1. The van der Waals surface area contributed by atoms with Crippen molar-refractivity contribution in [1.29, 1.82) is 0 Å². The van der Waals surface area contributed by atoms with Gasteiger partial charge in [0.15, 0.2) is 0 Å². The summed E-state index contributed by atoms with van der Waals surface area (Å²) in [7, 11) is -2.21. The first-order valence-electron chi connectivity index (χ1n) is 6.52. The number of benzene rings is 1. The highest BCUT2D eigenvalue weighted by atomic mass is 32.2. The zero-order valence-electron chi connectivity index (χ0n) is 12.5. The summed E-state index contributed by atoms with van der Waals surface area (Å²) < 4.78 is 28.8. The van der Waals surface area contributed by atoms with Gasteiger partial charge in [-0.2, -0.15) is 0 Å². The third-order valence-corrected chi connectivity index (χ3v) is 4.61. The number of nitrogens with one attached hydrogen (secondary N) is 2. The average Bonchev–Trinajstić information content (AvgIpc) is 2.84. The molecule has 1 amide bonds. The second-order valence-electron chi connectivity index (χ2n) is 5.07. The molecule has 7 nitrogen and oxygen atoms in total. The molecule has 4 N–H and O–H groups in total. The zero-order valence-corrected chi connectivity index (χ0v) is 13.4. The van der Waals surface area contributed by atoms with Gasteiger partial charge in [-0.15, -0.1) is 0 Å². The first-order valence-corrected chi connectivity index (χ1v) is 8.00. The molecule has 0 fully saturated rings. The van der Waals surface area contributed by atoms with Gasteiger partial charge in [0.2, 0.25) is 0 Å². The maximum absolute atomic E-state index is 12.4. The molecule has 8 heteroatoms. The maximum Gasteiger partial charge on any atom is 0.281 e. The highest BCUT2D eigenvalue weighted by molar-refractivity contribution is 7.92. The normalized spacial score (nSPS) is 11.3. The Balaban J connectivity index is 2.37. The number of nitrogen functional groups attached to an aromatic ring is 1. The molecule has 0 saturated carbocycles. The van der Waals surface area contributed by atoms with Crippen LogP contribution in [0.5, 0.6) is 0 Å². The molecule has 0 aliphatic rings. The van der Waals surface area contributed by atoms with Crippen molar-refractivity contribution in [1.82, 2.24) is 9.99 Å². The zero-order chi connectivity index (χ0) is 16.5. The van der Waals surface area contributed by atoms with Crippen LogP contribution in [0.25, 0.3) is 0 Å². The Morgan fingerprint density at radius 3 is 2.50 bits per heavy atom. The van der Waals surface area contributed by atoms with E-state index in [9.17, 15) is 13.2 Å². The maximum atomic E-state index is 12.4. The van der Waals surface area contributed by atoms with Crippen molar-refractivity contribution in [3.05, 3.63) is 47.3 Å². The molecular formula is C14H18N4O3S. The van der Waals surface area contributed by atoms with Crippen LogP contribution in [0, 0.1) is 13.8 Å². The molecule has 0 radical (unpaired) electrons. The number of anilines is 1. The molecule has 0 spiro atoms. The number of hydrogen-bond donors (Lipinski definition) is 3. The van der Waals surface area contributed by atoms with Crippen LogP contribution in [-0.4, -0.2) is 18.9 Å². The van der Waals surface area contributed by atoms with Crippen molar-refractivity contribution in [3.63, 3.8) is 0 Å². The van der Waals surface area contributed by atoms with E-state index in [4.69, 9.17) is 5.84 Å². The van der Waals surface area contributed by atoms with Gasteiger partial charge < -0.3 is 4.57 Å². The van der Waals surface area contributed by atoms with Gasteiger partial charge in [-0.3, -0.25) is 14.9 Å². The van der Waals surface area contributed by atoms with Crippen LogP contribution in [0.4, 0.5) is 5.69 Å². The van der Waals surface area contributed by atoms with Crippen LogP contribution in [-0.2, 0) is 17.1 Å². The number of hydrazine groups is 1. The molecule has 22 heavy (non-hydrogen) atoms. The molecule has 1 aromatic carbocycles. The molecule has 0 atom stereocenters. The van der Waals surface area contributed by atoms with Crippen molar-refractivity contribution >= 4 is 21.6 Å². The average molecular weight is 322 g/mol. The van der Waals surface area contributed by atoms with Gasteiger partial charge in [0.1, 0.15) is 10.6 Å². The third kappa shape index (κ3) is 3.12. The first-order chi connectivity index (χ1) is 10.2. The molecule has 118 valence electrons. The largest absolute Gasteiger partial charge is 0.345 e. The van der Waals surface area contributed by atoms with Gasteiger partial charge in [-0.1, -0.05) is 17.7 Å². The Bertz CT molecular complexity index is 825. The Morgan fingerprint density at radius 1 is 1.23 bits per heavy atom. The van der Waals surface area contributed by atoms with Gasteiger partial charge in [-0.25, -0.2) is 14.3 Å². The van der Waals surface area contributed by atoms with Gasteiger partial charge >= 0.3 is 0 Å².